The van der Waals surface area contributed by atoms with Crippen molar-refractivity contribution in [1.29, 1.82) is 0 Å². The van der Waals surface area contributed by atoms with E-state index in [2.05, 4.69) is 15.6 Å². The van der Waals surface area contributed by atoms with Crippen LogP contribution in [-0.4, -0.2) is 35.4 Å². The number of aryl methyl sites for hydroxylation is 1. The maximum Gasteiger partial charge on any atom is 0.303 e. The molecule has 0 heterocycles. The summed E-state index contributed by atoms with van der Waals surface area (Å²) < 4.78 is 0. The normalized spacial score (nSPS) is 10.4. The zero-order valence-electron chi connectivity index (χ0n) is 17.2. The zero-order valence-corrected chi connectivity index (χ0v) is 17.2. The fraction of sp³-hybridized carbons (Fsp3) is 0.130. The van der Waals surface area contributed by atoms with E-state index in [1.165, 1.54) is 6.07 Å². The number of aliphatic carboxylic acids is 1. The lowest BCUT2D eigenvalue weighted by Gasteiger charge is -2.14. The molecule has 2 amide bonds. The van der Waals surface area contributed by atoms with Gasteiger partial charge in [0.1, 0.15) is 0 Å². The molecule has 0 fully saturated rings. The largest absolute Gasteiger partial charge is 0.481 e. The van der Waals surface area contributed by atoms with Gasteiger partial charge in [-0.15, -0.1) is 0 Å². The van der Waals surface area contributed by atoms with Gasteiger partial charge in [-0.25, -0.2) is 4.99 Å². The third kappa shape index (κ3) is 5.82. The summed E-state index contributed by atoms with van der Waals surface area (Å²) in [6, 6.07) is 17.5. The van der Waals surface area contributed by atoms with Gasteiger partial charge < -0.3 is 27.2 Å². The van der Waals surface area contributed by atoms with Crippen molar-refractivity contribution in [2.75, 3.05) is 11.9 Å². The molecule has 0 saturated heterocycles. The van der Waals surface area contributed by atoms with Gasteiger partial charge in [0.25, 0.3) is 5.91 Å². The first-order valence-electron chi connectivity index (χ1n) is 9.83. The van der Waals surface area contributed by atoms with Gasteiger partial charge in [-0.2, -0.15) is 0 Å². The molecule has 9 nitrogen and oxygen atoms in total. The van der Waals surface area contributed by atoms with E-state index in [-0.39, 0.29) is 25.3 Å². The van der Waals surface area contributed by atoms with Gasteiger partial charge in [0.05, 0.1) is 17.9 Å². The Labute approximate surface area is 184 Å². The minimum absolute atomic E-state index is 0.0654. The topological polar surface area (TPSA) is 160 Å². The number of amides is 2. The lowest BCUT2D eigenvalue weighted by molar-refractivity contribution is -0.137. The quantitative estimate of drug-likeness (QED) is 0.270. The number of carboxylic acid groups (broad SMARTS) is 1. The molecule has 0 atom stereocenters. The molecule has 164 valence electrons. The molecular weight excluding hydrogens is 410 g/mol. The summed E-state index contributed by atoms with van der Waals surface area (Å²) in [7, 11) is 0. The third-order valence-electron chi connectivity index (χ3n) is 4.66. The predicted molar refractivity (Wildman–Crippen MR) is 123 cm³/mol. The van der Waals surface area contributed by atoms with Crippen LogP contribution in [-0.2, 0) is 16.0 Å². The second-order valence-electron chi connectivity index (χ2n) is 7.03. The molecule has 0 radical (unpaired) electrons. The zero-order chi connectivity index (χ0) is 23.1. The molecule has 0 aliphatic carbocycles. The Kier molecular flexibility index (Phi) is 7.02. The molecule has 7 N–H and O–H groups in total. The van der Waals surface area contributed by atoms with E-state index in [1.807, 2.05) is 30.3 Å². The second-order valence-corrected chi connectivity index (χ2v) is 7.03. The summed E-state index contributed by atoms with van der Waals surface area (Å²) in [6.07, 6.45) is 0.198. The molecular formula is C23H23N5O4. The summed E-state index contributed by atoms with van der Waals surface area (Å²) in [5.41, 5.74) is 12.7. The van der Waals surface area contributed by atoms with Crippen LogP contribution in [0.2, 0.25) is 0 Å². The predicted octanol–water partition coefficient (Wildman–Crippen LogP) is 2.13. The first kappa shape index (κ1) is 22.3. The van der Waals surface area contributed by atoms with Crippen LogP contribution in [0.3, 0.4) is 0 Å². The van der Waals surface area contributed by atoms with Crippen LogP contribution in [0.1, 0.15) is 22.3 Å². The Morgan fingerprint density at radius 1 is 0.969 bits per heavy atom. The average Bonchev–Trinajstić information content (AvgIpc) is 2.76. The number of nitrogens with one attached hydrogen (secondary N) is 2. The number of anilines is 1. The summed E-state index contributed by atoms with van der Waals surface area (Å²) in [5.74, 6) is -1.95. The molecule has 0 aliphatic heterocycles. The van der Waals surface area contributed by atoms with Crippen LogP contribution in [0.4, 0.5) is 11.4 Å². The van der Waals surface area contributed by atoms with E-state index in [0.717, 1.165) is 10.8 Å². The Bertz CT molecular complexity index is 1200. The van der Waals surface area contributed by atoms with Gasteiger partial charge in [-0.3, -0.25) is 14.4 Å². The van der Waals surface area contributed by atoms with Gasteiger partial charge in [-0.1, -0.05) is 42.5 Å². The molecule has 0 aliphatic rings. The van der Waals surface area contributed by atoms with Gasteiger partial charge in [0, 0.05) is 17.4 Å². The van der Waals surface area contributed by atoms with E-state index in [4.69, 9.17) is 16.6 Å². The Hall–Kier alpha value is -4.40. The van der Waals surface area contributed by atoms with Gasteiger partial charge in [0.2, 0.25) is 5.91 Å². The monoisotopic (exact) mass is 433 g/mol. The fourth-order valence-electron chi connectivity index (χ4n) is 3.23. The second kappa shape index (κ2) is 10.1. The summed E-state index contributed by atoms with van der Waals surface area (Å²) in [5, 5.41) is 16.1. The van der Waals surface area contributed by atoms with Crippen molar-refractivity contribution in [2.45, 2.75) is 12.8 Å². The number of aliphatic imine (C=N–C) groups is 1. The molecule has 0 aromatic heterocycles. The van der Waals surface area contributed by atoms with Crippen molar-refractivity contribution < 1.29 is 19.5 Å². The van der Waals surface area contributed by atoms with Crippen molar-refractivity contribution in [3.8, 4) is 0 Å². The standard InChI is InChI=1S/C23H23N5O4/c24-23(25)27-17-6-3-5-16(12-17)22(32)26-13-19(29)28-21-15(10-11-20(30)31)9-8-14-4-1-2-7-18(14)21/h1-9,12H,10-11,13H2,(H,26,32)(H,28,29)(H,30,31)(H4,24,25,27). The molecule has 32 heavy (non-hydrogen) atoms. The molecule has 0 spiro atoms. The molecule has 0 bridgehead atoms. The van der Waals surface area contributed by atoms with Gasteiger partial charge in [0.15, 0.2) is 5.96 Å². The Morgan fingerprint density at radius 2 is 1.75 bits per heavy atom. The number of hydrogen-bond donors (Lipinski definition) is 5. The van der Waals surface area contributed by atoms with E-state index in [0.29, 0.717) is 22.5 Å². The number of fused-ring (bicyclic) bond motifs is 1. The van der Waals surface area contributed by atoms with E-state index in [1.54, 1.807) is 24.3 Å². The van der Waals surface area contributed by atoms with Crippen LogP contribution < -0.4 is 22.1 Å². The summed E-state index contributed by atoms with van der Waals surface area (Å²) in [4.78, 5) is 39.9. The van der Waals surface area contributed by atoms with Crippen molar-refractivity contribution in [1.82, 2.24) is 5.32 Å². The number of hydrogen-bond acceptors (Lipinski definition) is 4. The maximum atomic E-state index is 12.6. The molecule has 0 unspecified atom stereocenters. The number of carboxylic acids is 1. The van der Waals surface area contributed by atoms with Crippen LogP contribution in [0.5, 0.6) is 0 Å². The fourth-order valence-corrected chi connectivity index (χ4v) is 3.23. The van der Waals surface area contributed by atoms with Crippen LogP contribution in [0.15, 0.2) is 65.7 Å². The number of carbonyl (C=O) groups is 3. The maximum absolute atomic E-state index is 12.6. The molecule has 3 aromatic rings. The lowest BCUT2D eigenvalue weighted by atomic mass is 10.0. The van der Waals surface area contributed by atoms with Crippen molar-refractivity contribution >= 4 is 45.9 Å². The summed E-state index contributed by atoms with van der Waals surface area (Å²) in [6.45, 7) is -0.271. The third-order valence-corrected chi connectivity index (χ3v) is 4.66. The SMILES string of the molecule is NC(N)=Nc1cccc(C(=O)NCC(=O)Nc2c(CCC(=O)O)ccc3ccccc23)c1. The molecule has 3 rings (SSSR count). The van der Waals surface area contributed by atoms with Crippen LogP contribution >= 0.6 is 0 Å². The Morgan fingerprint density at radius 3 is 2.50 bits per heavy atom. The lowest BCUT2D eigenvalue weighted by Crippen LogP contribution is -2.33. The van der Waals surface area contributed by atoms with Gasteiger partial charge in [-0.05, 0) is 35.6 Å². The highest BCUT2D eigenvalue weighted by molar-refractivity contribution is 6.05. The molecule has 9 heteroatoms. The highest BCUT2D eigenvalue weighted by Crippen LogP contribution is 2.28. The number of carbonyl (C=O) groups excluding carboxylic acids is 2. The number of benzene rings is 3. The van der Waals surface area contributed by atoms with Gasteiger partial charge >= 0.3 is 5.97 Å². The first-order valence-corrected chi connectivity index (χ1v) is 9.83. The van der Waals surface area contributed by atoms with Crippen molar-refractivity contribution in [3.05, 3.63) is 71.8 Å². The van der Waals surface area contributed by atoms with E-state index >= 15 is 0 Å². The number of guanidine groups is 1. The van der Waals surface area contributed by atoms with E-state index < -0.39 is 17.8 Å². The minimum Gasteiger partial charge on any atom is -0.481 e. The highest BCUT2D eigenvalue weighted by Gasteiger charge is 2.14. The summed E-state index contributed by atoms with van der Waals surface area (Å²) >= 11 is 0. The van der Waals surface area contributed by atoms with Crippen LogP contribution in [0, 0.1) is 0 Å². The number of nitrogens with two attached hydrogens (primary N) is 2. The molecule has 0 saturated carbocycles. The number of rotatable bonds is 8. The van der Waals surface area contributed by atoms with E-state index in [9.17, 15) is 14.4 Å². The van der Waals surface area contributed by atoms with Crippen molar-refractivity contribution in [2.24, 2.45) is 16.5 Å². The minimum atomic E-state index is -0.925. The van der Waals surface area contributed by atoms with Crippen LogP contribution in [0.25, 0.3) is 10.8 Å². The number of nitrogens with zero attached hydrogens (tertiary/aromatic N) is 1. The average molecular weight is 433 g/mol. The molecule has 3 aromatic carbocycles. The first-order chi connectivity index (χ1) is 15.3. The Balaban J connectivity index is 1.73. The highest BCUT2D eigenvalue weighted by atomic mass is 16.4. The van der Waals surface area contributed by atoms with Crippen molar-refractivity contribution in [3.63, 3.8) is 0 Å². The smallest absolute Gasteiger partial charge is 0.303 e.